The summed E-state index contributed by atoms with van der Waals surface area (Å²) in [5.41, 5.74) is 13.2. The molecule has 1 amide bonds. The lowest BCUT2D eigenvalue weighted by Crippen LogP contribution is -2.35. The van der Waals surface area contributed by atoms with Crippen LogP contribution < -0.4 is 16.8 Å². The van der Waals surface area contributed by atoms with Crippen molar-refractivity contribution < 1.29 is 4.79 Å². The number of hydrogen-bond acceptors (Lipinski definition) is 4. The zero-order chi connectivity index (χ0) is 12.8. The van der Waals surface area contributed by atoms with Gasteiger partial charge in [-0.15, -0.1) is 0 Å². The first-order chi connectivity index (χ1) is 8.08. The highest BCUT2D eigenvalue weighted by Crippen LogP contribution is 2.19. The van der Waals surface area contributed by atoms with Crippen LogP contribution in [0.2, 0.25) is 0 Å². The summed E-state index contributed by atoms with van der Waals surface area (Å²) in [6.45, 7) is 5.64. The number of benzene rings is 1. The van der Waals surface area contributed by atoms with Crippen molar-refractivity contribution in [1.82, 2.24) is 4.90 Å². The van der Waals surface area contributed by atoms with Gasteiger partial charge in [0.05, 0.1) is 17.9 Å². The quantitative estimate of drug-likeness (QED) is 0.669. The van der Waals surface area contributed by atoms with E-state index in [1.165, 1.54) is 0 Å². The Labute approximate surface area is 102 Å². The first kappa shape index (κ1) is 13.2. The molecule has 0 saturated heterocycles. The number of anilines is 3. The minimum Gasteiger partial charge on any atom is -0.397 e. The van der Waals surface area contributed by atoms with Crippen LogP contribution in [0.15, 0.2) is 18.2 Å². The molecule has 0 aromatic heterocycles. The number of hydrogen-bond donors (Lipinski definition) is 3. The number of carbonyl (C=O) groups is 1. The van der Waals surface area contributed by atoms with Crippen LogP contribution in [0.3, 0.4) is 0 Å². The maximum atomic E-state index is 11.7. The third-order valence-corrected chi connectivity index (χ3v) is 2.65. The molecular weight excluding hydrogens is 216 g/mol. The predicted octanol–water partition coefficient (Wildman–Crippen LogP) is 1.13. The van der Waals surface area contributed by atoms with Gasteiger partial charge in [-0.05, 0) is 32.0 Å². The van der Waals surface area contributed by atoms with E-state index in [2.05, 4.69) is 5.32 Å². The van der Waals surface area contributed by atoms with E-state index in [1.54, 1.807) is 23.1 Å². The minimum absolute atomic E-state index is 0.0744. The maximum Gasteiger partial charge on any atom is 0.241 e. The molecule has 0 aliphatic carbocycles. The first-order valence-corrected chi connectivity index (χ1v) is 5.75. The molecular formula is C12H20N4O. The highest BCUT2D eigenvalue weighted by molar-refractivity contribution is 5.81. The Balaban J connectivity index is 2.55. The van der Waals surface area contributed by atoms with Crippen LogP contribution in [-0.2, 0) is 4.79 Å². The van der Waals surface area contributed by atoms with Crippen molar-refractivity contribution in [2.24, 2.45) is 0 Å². The largest absolute Gasteiger partial charge is 0.397 e. The minimum atomic E-state index is 0.0744. The summed E-state index contributed by atoms with van der Waals surface area (Å²) in [6, 6.07) is 5.26. The lowest BCUT2D eigenvalue weighted by molar-refractivity contribution is -0.128. The van der Waals surface area contributed by atoms with E-state index in [-0.39, 0.29) is 12.5 Å². The number of nitrogens with two attached hydrogens (primary N) is 2. The Bertz CT molecular complexity index is 388. The normalized spacial score (nSPS) is 10.0. The van der Waals surface area contributed by atoms with Gasteiger partial charge in [0, 0.05) is 18.8 Å². The number of rotatable bonds is 5. The van der Waals surface area contributed by atoms with Crippen molar-refractivity contribution in [2.45, 2.75) is 13.8 Å². The maximum absolute atomic E-state index is 11.7. The fourth-order valence-electron chi connectivity index (χ4n) is 1.55. The Kier molecular flexibility index (Phi) is 4.63. The van der Waals surface area contributed by atoms with Gasteiger partial charge < -0.3 is 21.7 Å². The summed E-state index contributed by atoms with van der Waals surface area (Å²) < 4.78 is 0. The molecule has 1 aromatic carbocycles. The predicted molar refractivity (Wildman–Crippen MR) is 71.7 cm³/mol. The molecule has 17 heavy (non-hydrogen) atoms. The van der Waals surface area contributed by atoms with Crippen LogP contribution in [0.4, 0.5) is 17.1 Å². The van der Waals surface area contributed by atoms with E-state index < -0.39 is 0 Å². The topological polar surface area (TPSA) is 84.4 Å². The molecule has 0 aliphatic rings. The average Bonchev–Trinajstić information content (AvgIpc) is 2.32. The average molecular weight is 236 g/mol. The van der Waals surface area contributed by atoms with Gasteiger partial charge in [-0.25, -0.2) is 0 Å². The zero-order valence-electron chi connectivity index (χ0n) is 10.4. The van der Waals surface area contributed by atoms with Crippen LogP contribution >= 0.6 is 0 Å². The van der Waals surface area contributed by atoms with Crippen LogP contribution in [-0.4, -0.2) is 30.4 Å². The summed E-state index contributed by atoms with van der Waals surface area (Å²) in [5.74, 6) is 0.0744. The van der Waals surface area contributed by atoms with Gasteiger partial charge >= 0.3 is 0 Å². The SMILES string of the molecule is CCN(CC)C(=O)CNc1ccc(N)c(N)c1. The monoisotopic (exact) mass is 236 g/mol. The summed E-state index contributed by atoms with van der Waals surface area (Å²) in [4.78, 5) is 13.5. The second-order valence-corrected chi connectivity index (χ2v) is 3.76. The molecule has 0 saturated carbocycles. The van der Waals surface area contributed by atoms with Crippen molar-refractivity contribution in [2.75, 3.05) is 36.4 Å². The second kappa shape index (κ2) is 5.98. The van der Waals surface area contributed by atoms with E-state index in [9.17, 15) is 4.79 Å². The van der Waals surface area contributed by atoms with E-state index in [1.807, 2.05) is 13.8 Å². The molecule has 0 heterocycles. The van der Waals surface area contributed by atoms with Gasteiger partial charge in [-0.2, -0.15) is 0 Å². The fourth-order valence-corrected chi connectivity index (χ4v) is 1.55. The fraction of sp³-hybridized carbons (Fsp3) is 0.417. The third-order valence-electron chi connectivity index (χ3n) is 2.65. The number of carbonyl (C=O) groups excluding carboxylic acids is 1. The van der Waals surface area contributed by atoms with E-state index >= 15 is 0 Å². The van der Waals surface area contributed by atoms with Crippen LogP contribution in [0.25, 0.3) is 0 Å². The summed E-state index contributed by atoms with van der Waals surface area (Å²) in [5, 5.41) is 3.03. The Morgan fingerprint density at radius 1 is 1.24 bits per heavy atom. The highest BCUT2D eigenvalue weighted by Gasteiger charge is 2.08. The van der Waals surface area contributed by atoms with Gasteiger partial charge in [0.2, 0.25) is 5.91 Å². The van der Waals surface area contributed by atoms with E-state index in [0.717, 1.165) is 18.8 Å². The van der Waals surface area contributed by atoms with Crippen molar-refractivity contribution in [3.8, 4) is 0 Å². The molecule has 0 aliphatic heterocycles. The molecule has 5 heteroatoms. The van der Waals surface area contributed by atoms with Crippen LogP contribution in [0.1, 0.15) is 13.8 Å². The summed E-state index contributed by atoms with van der Waals surface area (Å²) in [6.07, 6.45) is 0. The molecule has 5 N–H and O–H groups in total. The number of amides is 1. The number of nitrogens with one attached hydrogen (secondary N) is 1. The number of nitrogen functional groups attached to an aromatic ring is 2. The standard InChI is InChI=1S/C12H20N4O/c1-3-16(4-2)12(17)8-15-9-5-6-10(13)11(14)7-9/h5-7,15H,3-4,8,13-14H2,1-2H3. The molecule has 5 nitrogen and oxygen atoms in total. The molecule has 0 radical (unpaired) electrons. The van der Waals surface area contributed by atoms with Gasteiger partial charge in [0.15, 0.2) is 0 Å². The molecule has 94 valence electrons. The third kappa shape index (κ3) is 3.55. The second-order valence-electron chi connectivity index (χ2n) is 3.76. The number of nitrogens with zero attached hydrogens (tertiary/aromatic N) is 1. The molecule has 0 atom stereocenters. The zero-order valence-corrected chi connectivity index (χ0v) is 10.4. The van der Waals surface area contributed by atoms with E-state index in [0.29, 0.717) is 11.4 Å². The van der Waals surface area contributed by atoms with Crippen LogP contribution in [0.5, 0.6) is 0 Å². The molecule has 0 bridgehead atoms. The molecule has 1 aromatic rings. The van der Waals surface area contributed by atoms with Crippen molar-refractivity contribution in [1.29, 1.82) is 0 Å². The smallest absolute Gasteiger partial charge is 0.241 e. The van der Waals surface area contributed by atoms with Crippen molar-refractivity contribution >= 4 is 23.0 Å². The molecule has 0 fully saturated rings. The summed E-state index contributed by atoms with van der Waals surface area (Å²) >= 11 is 0. The first-order valence-electron chi connectivity index (χ1n) is 5.75. The van der Waals surface area contributed by atoms with Gasteiger partial charge in [-0.3, -0.25) is 4.79 Å². The van der Waals surface area contributed by atoms with Crippen molar-refractivity contribution in [3.05, 3.63) is 18.2 Å². The van der Waals surface area contributed by atoms with Gasteiger partial charge in [-0.1, -0.05) is 0 Å². The molecule has 1 rings (SSSR count). The molecule has 0 spiro atoms. The summed E-state index contributed by atoms with van der Waals surface area (Å²) in [7, 11) is 0. The van der Waals surface area contributed by atoms with Crippen LogP contribution in [0, 0.1) is 0 Å². The van der Waals surface area contributed by atoms with Gasteiger partial charge in [0.1, 0.15) is 0 Å². The Morgan fingerprint density at radius 3 is 2.41 bits per heavy atom. The Morgan fingerprint density at radius 2 is 1.88 bits per heavy atom. The van der Waals surface area contributed by atoms with E-state index in [4.69, 9.17) is 11.5 Å². The van der Waals surface area contributed by atoms with Gasteiger partial charge in [0.25, 0.3) is 0 Å². The lowest BCUT2D eigenvalue weighted by atomic mass is 10.2. The lowest BCUT2D eigenvalue weighted by Gasteiger charge is -2.19. The number of likely N-dealkylation sites (N-methyl/N-ethyl adjacent to an activating group) is 1. The molecule has 0 unspecified atom stereocenters. The van der Waals surface area contributed by atoms with Crippen molar-refractivity contribution in [3.63, 3.8) is 0 Å². The highest BCUT2D eigenvalue weighted by atomic mass is 16.2. The Hall–Kier alpha value is -1.91.